The quantitative estimate of drug-likeness (QED) is 0.617. The van der Waals surface area contributed by atoms with Crippen molar-refractivity contribution in [1.82, 2.24) is 0 Å². The van der Waals surface area contributed by atoms with Gasteiger partial charge in [0.25, 0.3) is 5.95 Å². The van der Waals surface area contributed by atoms with Gasteiger partial charge in [-0.2, -0.15) is 0 Å². The number of benzene rings is 3. The van der Waals surface area contributed by atoms with Crippen LogP contribution < -0.4 is 0 Å². The predicted molar refractivity (Wildman–Crippen MR) is 105 cm³/mol. The molecule has 136 valence electrons. The molecule has 0 saturated carbocycles. The van der Waals surface area contributed by atoms with Gasteiger partial charge in [-0.25, -0.2) is 0 Å². The molecule has 0 bridgehead atoms. The van der Waals surface area contributed by atoms with Crippen LogP contribution in [0, 0.1) is 0 Å². The van der Waals surface area contributed by atoms with Crippen molar-refractivity contribution in [2.75, 3.05) is 6.61 Å². The third-order valence-corrected chi connectivity index (χ3v) is 4.87. The van der Waals surface area contributed by atoms with Crippen LogP contribution in [0.25, 0.3) is 0 Å². The second kappa shape index (κ2) is 7.68. The van der Waals surface area contributed by atoms with Crippen molar-refractivity contribution in [3.63, 3.8) is 0 Å². The fourth-order valence-electron chi connectivity index (χ4n) is 3.59. The molecule has 0 fully saturated rings. The van der Waals surface area contributed by atoms with Gasteiger partial charge in [0.2, 0.25) is 0 Å². The van der Waals surface area contributed by atoms with Gasteiger partial charge >= 0.3 is 0 Å². The highest BCUT2D eigenvalue weighted by molar-refractivity contribution is 5.47. The first-order chi connectivity index (χ1) is 13.3. The molecular weight excluding hydrogens is 336 g/mol. The van der Waals surface area contributed by atoms with Crippen LogP contribution in [0.3, 0.4) is 0 Å². The van der Waals surface area contributed by atoms with E-state index in [9.17, 15) is 5.11 Å². The molecule has 0 aromatic heterocycles. The fourth-order valence-corrected chi connectivity index (χ4v) is 3.59. The van der Waals surface area contributed by atoms with Gasteiger partial charge in [0.1, 0.15) is 11.7 Å². The third kappa shape index (κ3) is 3.46. The summed E-state index contributed by atoms with van der Waals surface area (Å²) in [6.07, 6.45) is 2.13. The van der Waals surface area contributed by atoms with E-state index in [-0.39, 0.29) is 12.0 Å². The topological polar surface area (TPSA) is 38.7 Å². The number of ether oxygens (including phenoxy) is 2. The molecule has 1 atom stereocenters. The Morgan fingerprint density at radius 2 is 1.22 bits per heavy atom. The average Bonchev–Trinajstić information content (AvgIpc) is 3.16. The molecule has 0 radical (unpaired) electrons. The van der Waals surface area contributed by atoms with Crippen molar-refractivity contribution < 1.29 is 14.6 Å². The molecule has 3 aromatic rings. The zero-order chi connectivity index (χ0) is 18.5. The van der Waals surface area contributed by atoms with Gasteiger partial charge in [0.05, 0.1) is 6.61 Å². The molecule has 0 amide bonds. The molecule has 0 unspecified atom stereocenters. The van der Waals surface area contributed by atoms with Crippen LogP contribution in [0.5, 0.6) is 0 Å². The lowest BCUT2D eigenvalue weighted by molar-refractivity contribution is -0.0551. The first-order valence-corrected chi connectivity index (χ1v) is 9.15. The van der Waals surface area contributed by atoms with Crippen LogP contribution >= 0.6 is 0 Å². The molecule has 27 heavy (non-hydrogen) atoms. The lowest BCUT2D eigenvalue weighted by atomic mass is 9.80. The van der Waals surface area contributed by atoms with E-state index in [4.69, 9.17) is 9.47 Å². The van der Waals surface area contributed by atoms with Crippen LogP contribution in [0.15, 0.2) is 103 Å². The minimum atomic E-state index is -0.759. The van der Waals surface area contributed by atoms with Gasteiger partial charge in [0.15, 0.2) is 0 Å². The Kier molecular flexibility index (Phi) is 4.95. The van der Waals surface area contributed by atoms with Gasteiger partial charge in [0, 0.05) is 6.42 Å². The molecule has 3 aromatic carbocycles. The summed E-state index contributed by atoms with van der Waals surface area (Å²) in [5.74, 6) is -0.0201. The Labute approximate surface area is 159 Å². The molecule has 0 aliphatic carbocycles. The van der Waals surface area contributed by atoms with Crippen molar-refractivity contribution in [3.8, 4) is 0 Å². The molecular formula is C24H22O3. The largest absolute Gasteiger partial charge is 0.481 e. The standard InChI is InChI=1S/C24H22O3/c25-23-17-16-22(27-23)18-26-24(19-10-4-1-5-11-19,20-12-6-2-7-13-20)21-14-8-3-9-15-21/h1-15,17,22,25H,16,18H2/t22-/m0/s1. The van der Waals surface area contributed by atoms with Crippen LogP contribution in [0.1, 0.15) is 23.1 Å². The van der Waals surface area contributed by atoms with Crippen molar-refractivity contribution in [3.05, 3.63) is 120 Å². The van der Waals surface area contributed by atoms with Crippen LogP contribution in [-0.2, 0) is 15.1 Å². The molecule has 3 nitrogen and oxygen atoms in total. The minimum Gasteiger partial charge on any atom is -0.481 e. The summed E-state index contributed by atoms with van der Waals surface area (Å²) in [7, 11) is 0. The van der Waals surface area contributed by atoms with E-state index in [1.807, 2.05) is 54.6 Å². The second-order valence-electron chi connectivity index (χ2n) is 6.61. The lowest BCUT2D eigenvalue weighted by Crippen LogP contribution is -2.35. The van der Waals surface area contributed by atoms with E-state index < -0.39 is 5.60 Å². The smallest absolute Gasteiger partial charge is 0.272 e. The third-order valence-electron chi connectivity index (χ3n) is 4.87. The summed E-state index contributed by atoms with van der Waals surface area (Å²) in [5, 5.41) is 9.56. The first kappa shape index (κ1) is 17.4. The van der Waals surface area contributed by atoms with Gasteiger partial charge in [-0.3, -0.25) is 0 Å². The molecule has 0 saturated heterocycles. The summed E-state index contributed by atoms with van der Waals surface area (Å²) >= 11 is 0. The number of rotatable bonds is 6. The minimum absolute atomic E-state index is 0.0201. The highest BCUT2D eigenvalue weighted by atomic mass is 16.6. The van der Waals surface area contributed by atoms with Crippen molar-refractivity contribution in [1.29, 1.82) is 0 Å². The van der Waals surface area contributed by atoms with Gasteiger partial charge in [-0.05, 0) is 22.8 Å². The average molecular weight is 358 g/mol. The normalized spacial score (nSPS) is 16.6. The van der Waals surface area contributed by atoms with Crippen LogP contribution in [0.4, 0.5) is 0 Å². The summed E-state index contributed by atoms with van der Waals surface area (Å²) in [6, 6.07) is 30.7. The molecule has 3 heteroatoms. The fraction of sp³-hybridized carbons (Fsp3) is 0.167. The monoisotopic (exact) mass is 358 g/mol. The summed E-state index contributed by atoms with van der Waals surface area (Å²) in [6.45, 7) is 0.360. The van der Waals surface area contributed by atoms with Crippen LogP contribution in [0.2, 0.25) is 0 Å². The van der Waals surface area contributed by atoms with Crippen LogP contribution in [-0.4, -0.2) is 17.8 Å². The summed E-state index contributed by atoms with van der Waals surface area (Å²) < 4.78 is 12.1. The molecule has 1 aliphatic rings. The molecule has 4 rings (SSSR count). The lowest BCUT2D eigenvalue weighted by Gasteiger charge is -2.36. The Balaban J connectivity index is 1.81. The van der Waals surface area contributed by atoms with E-state index in [2.05, 4.69) is 36.4 Å². The molecule has 1 aliphatic heterocycles. The van der Waals surface area contributed by atoms with E-state index in [0.717, 1.165) is 16.7 Å². The first-order valence-electron chi connectivity index (χ1n) is 9.15. The van der Waals surface area contributed by atoms with E-state index >= 15 is 0 Å². The predicted octanol–water partition coefficient (Wildman–Crippen LogP) is 5.18. The summed E-state index contributed by atoms with van der Waals surface area (Å²) in [4.78, 5) is 0. The van der Waals surface area contributed by atoms with E-state index in [1.165, 1.54) is 0 Å². The van der Waals surface area contributed by atoms with Gasteiger partial charge in [-0.1, -0.05) is 91.0 Å². The number of hydrogen-bond acceptors (Lipinski definition) is 3. The SMILES string of the molecule is OC1=CC[C@@H](COC(c2ccccc2)(c2ccccc2)c2ccccc2)O1. The Hall–Kier alpha value is -3.04. The van der Waals surface area contributed by atoms with Crippen molar-refractivity contribution in [2.45, 2.75) is 18.1 Å². The second-order valence-corrected chi connectivity index (χ2v) is 6.61. The zero-order valence-corrected chi connectivity index (χ0v) is 15.0. The molecule has 0 spiro atoms. The number of hydrogen-bond donors (Lipinski definition) is 1. The Morgan fingerprint density at radius 3 is 1.59 bits per heavy atom. The van der Waals surface area contributed by atoms with E-state index in [1.54, 1.807) is 6.08 Å². The van der Waals surface area contributed by atoms with Crippen molar-refractivity contribution >= 4 is 0 Å². The molecule has 1 heterocycles. The molecule has 1 N–H and O–H groups in total. The van der Waals surface area contributed by atoms with E-state index in [0.29, 0.717) is 13.0 Å². The highest BCUT2D eigenvalue weighted by Crippen LogP contribution is 2.40. The Bertz CT molecular complexity index is 792. The van der Waals surface area contributed by atoms with Gasteiger partial charge in [-0.15, -0.1) is 0 Å². The number of aliphatic hydroxyl groups is 1. The summed E-state index contributed by atoms with van der Waals surface area (Å²) in [5.41, 5.74) is 2.40. The number of aliphatic hydroxyl groups excluding tert-OH is 1. The highest BCUT2D eigenvalue weighted by Gasteiger charge is 2.38. The van der Waals surface area contributed by atoms with Crippen molar-refractivity contribution in [2.24, 2.45) is 0 Å². The Morgan fingerprint density at radius 1 is 0.778 bits per heavy atom. The maximum Gasteiger partial charge on any atom is 0.272 e. The zero-order valence-electron chi connectivity index (χ0n) is 15.0. The maximum absolute atomic E-state index is 9.56. The maximum atomic E-state index is 9.56. The van der Waals surface area contributed by atoms with Gasteiger partial charge < -0.3 is 14.6 Å².